The average molecular weight is 238 g/mol. The van der Waals surface area contributed by atoms with Crippen LogP contribution in [-0.2, 0) is 4.79 Å². The van der Waals surface area contributed by atoms with Crippen molar-refractivity contribution in [2.24, 2.45) is 5.41 Å². The van der Waals surface area contributed by atoms with Gasteiger partial charge in [-0.25, -0.2) is 0 Å². The van der Waals surface area contributed by atoms with E-state index in [9.17, 15) is 4.79 Å². The number of rotatable bonds is 5. The first-order valence-corrected chi connectivity index (χ1v) is 6.59. The quantitative estimate of drug-likeness (QED) is 0.721. The molecule has 0 heterocycles. The lowest BCUT2D eigenvalue weighted by molar-refractivity contribution is -0.122. The van der Waals surface area contributed by atoms with Crippen molar-refractivity contribution in [3.05, 3.63) is 12.7 Å². The molecule has 2 N–H and O–H groups in total. The molecule has 98 valence electrons. The van der Waals surface area contributed by atoms with E-state index in [4.69, 9.17) is 0 Å². The Bertz CT molecular complexity index is 273. The monoisotopic (exact) mass is 238 g/mol. The van der Waals surface area contributed by atoms with Crippen molar-refractivity contribution in [2.45, 2.75) is 58.5 Å². The van der Waals surface area contributed by atoms with Gasteiger partial charge in [-0.05, 0) is 31.6 Å². The van der Waals surface area contributed by atoms with Gasteiger partial charge < -0.3 is 10.6 Å². The van der Waals surface area contributed by atoms with Crippen molar-refractivity contribution in [3.63, 3.8) is 0 Å². The highest BCUT2D eigenvalue weighted by atomic mass is 16.2. The Kier molecular flexibility index (Phi) is 5.19. The van der Waals surface area contributed by atoms with E-state index in [1.165, 1.54) is 19.3 Å². The zero-order valence-corrected chi connectivity index (χ0v) is 11.4. The van der Waals surface area contributed by atoms with Gasteiger partial charge in [-0.2, -0.15) is 0 Å². The predicted octanol–water partition coefficient (Wildman–Crippen LogP) is 2.24. The molecule has 3 heteroatoms. The lowest BCUT2D eigenvalue weighted by Crippen LogP contribution is -2.48. The van der Waals surface area contributed by atoms with Crippen LogP contribution >= 0.6 is 0 Å². The largest absolute Gasteiger partial charge is 0.351 e. The van der Waals surface area contributed by atoms with Crippen LogP contribution in [0, 0.1) is 5.41 Å². The summed E-state index contributed by atoms with van der Waals surface area (Å²) in [5.41, 5.74) is 0.410. The number of carbonyl (C=O) groups is 1. The molecular weight excluding hydrogens is 212 g/mol. The van der Waals surface area contributed by atoms with Gasteiger partial charge in [0.1, 0.15) is 0 Å². The van der Waals surface area contributed by atoms with Gasteiger partial charge in [0.25, 0.3) is 0 Å². The van der Waals surface area contributed by atoms with Crippen molar-refractivity contribution < 1.29 is 4.79 Å². The van der Waals surface area contributed by atoms with Crippen LogP contribution in [0.15, 0.2) is 12.7 Å². The van der Waals surface area contributed by atoms with Crippen molar-refractivity contribution >= 4 is 5.91 Å². The van der Waals surface area contributed by atoms with Gasteiger partial charge >= 0.3 is 0 Å². The minimum absolute atomic E-state index is 0.0632. The fraction of sp³-hybridized carbons (Fsp3) is 0.786. The van der Waals surface area contributed by atoms with E-state index in [1.54, 1.807) is 6.08 Å². The second-order valence-electron chi connectivity index (χ2n) is 5.88. The fourth-order valence-corrected chi connectivity index (χ4v) is 2.60. The minimum Gasteiger partial charge on any atom is -0.351 e. The Morgan fingerprint density at radius 3 is 2.88 bits per heavy atom. The first kappa shape index (κ1) is 14.2. The summed E-state index contributed by atoms with van der Waals surface area (Å²) in [6.07, 6.45) is 6.59. The van der Waals surface area contributed by atoms with Gasteiger partial charge in [0.2, 0.25) is 5.91 Å². The molecule has 2 atom stereocenters. The number of hydrogen-bond donors (Lipinski definition) is 2. The predicted molar refractivity (Wildman–Crippen MR) is 71.8 cm³/mol. The van der Waals surface area contributed by atoms with E-state index in [-0.39, 0.29) is 11.9 Å². The minimum atomic E-state index is -0.117. The number of hydrogen-bond acceptors (Lipinski definition) is 2. The molecular formula is C14H26N2O. The summed E-state index contributed by atoms with van der Waals surface area (Å²) in [6, 6.07) is 0.358. The highest BCUT2D eigenvalue weighted by Gasteiger charge is 2.29. The Morgan fingerprint density at radius 1 is 1.59 bits per heavy atom. The highest BCUT2D eigenvalue weighted by molar-refractivity contribution is 5.81. The standard InChI is InChI=1S/C14H26N2O/c1-5-9-15-13(17)11(2)16-12-7-6-8-14(3,4)10-12/h5,11-12,16H,1,6-10H2,2-4H3,(H,15,17). The van der Waals surface area contributed by atoms with Crippen LogP contribution in [0.3, 0.4) is 0 Å². The number of amides is 1. The van der Waals surface area contributed by atoms with Crippen LogP contribution in [-0.4, -0.2) is 24.5 Å². The van der Waals surface area contributed by atoms with E-state index in [0.29, 0.717) is 18.0 Å². The van der Waals surface area contributed by atoms with E-state index < -0.39 is 0 Å². The average Bonchev–Trinajstić information content (AvgIpc) is 2.24. The summed E-state index contributed by atoms with van der Waals surface area (Å²) in [7, 11) is 0. The Labute approximate surface area is 105 Å². The zero-order valence-electron chi connectivity index (χ0n) is 11.4. The molecule has 3 nitrogen and oxygen atoms in total. The van der Waals surface area contributed by atoms with Crippen molar-refractivity contribution in [1.29, 1.82) is 0 Å². The van der Waals surface area contributed by atoms with Gasteiger partial charge in [-0.1, -0.05) is 26.3 Å². The topological polar surface area (TPSA) is 41.1 Å². The maximum absolute atomic E-state index is 11.7. The summed E-state index contributed by atoms with van der Waals surface area (Å²) in [6.45, 7) is 10.7. The molecule has 1 saturated carbocycles. The molecule has 0 aromatic heterocycles. The van der Waals surface area contributed by atoms with Crippen LogP contribution in [0.2, 0.25) is 0 Å². The SMILES string of the molecule is C=CCNC(=O)C(C)NC1CCCC(C)(C)C1. The van der Waals surface area contributed by atoms with Crippen LogP contribution in [0.5, 0.6) is 0 Å². The lowest BCUT2D eigenvalue weighted by Gasteiger charge is -2.36. The Balaban J connectivity index is 2.37. The zero-order chi connectivity index (χ0) is 12.9. The Morgan fingerprint density at radius 2 is 2.29 bits per heavy atom. The molecule has 0 aromatic rings. The third-order valence-corrected chi connectivity index (χ3v) is 3.50. The van der Waals surface area contributed by atoms with Crippen LogP contribution in [0.25, 0.3) is 0 Å². The molecule has 1 aliphatic carbocycles. The summed E-state index contributed by atoms with van der Waals surface area (Å²) >= 11 is 0. The molecule has 0 spiro atoms. The second kappa shape index (κ2) is 6.20. The summed E-state index contributed by atoms with van der Waals surface area (Å²) in [5.74, 6) is 0.0632. The van der Waals surface area contributed by atoms with Gasteiger partial charge in [0.05, 0.1) is 6.04 Å². The van der Waals surface area contributed by atoms with Crippen molar-refractivity contribution in [2.75, 3.05) is 6.54 Å². The third kappa shape index (κ3) is 4.90. The third-order valence-electron chi connectivity index (χ3n) is 3.50. The maximum Gasteiger partial charge on any atom is 0.237 e. The van der Waals surface area contributed by atoms with E-state index in [0.717, 1.165) is 6.42 Å². The second-order valence-corrected chi connectivity index (χ2v) is 5.88. The lowest BCUT2D eigenvalue weighted by atomic mass is 9.75. The molecule has 1 fully saturated rings. The molecule has 0 bridgehead atoms. The van der Waals surface area contributed by atoms with Gasteiger partial charge in [-0.15, -0.1) is 6.58 Å². The number of nitrogens with one attached hydrogen (secondary N) is 2. The van der Waals surface area contributed by atoms with Crippen LogP contribution < -0.4 is 10.6 Å². The summed E-state index contributed by atoms with van der Waals surface area (Å²) < 4.78 is 0. The maximum atomic E-state index is 11.7. The van der Waals surface area contributed by atoms with E-state index >= 15 is 0 Å². The molecule has 0 aliphatic heterocycles. The van der Waals surface area contributed by atoms with Gasteiger partial charge in [0, 0.05) is 12.6 Å². The van der Waals surface area contributed by atoms with Gasteiger partial charge in [-0.3, -0.25) is 4.79 Å². The van der Waals surface area contributed by atoms with Crippen molar-refractivity contribution in [3.8, 4) is 0 Å². The molecule has 1 amide bonds. The Hall–Kier alpha value is -0.830. The molecule has 17 heavy (non-hydrogen) atoms. The molecule has 0 saturated heterocycles. The van der Waals surface area contributed by atoms with Crippen molar-refractivity contribution in [1.82, 2.24) is 10.6 Å². The van der Waals surface area contributed by atoms with Crippen LogP contribution in [0.1, 0.15) is 46.5 Å². The highest BCUT2D eigenvalue weighted by Crippen LogP contribution is 2.35. The number of carbonyl (C=O) groups excluding carboxylic acids is 1. The molecule has 1 aliphatic rings. The molecule has 2 unspecified atom stereocenters. The summed E-state index contributed by atoms with van der Waals surface area (Å²) in [4.78, 5) is 11.7. The molecule has 1 rings (SSSR count). The first-order valence-electron chi connectivity index (χ1n) is 6.59. The first-order chi connectivity index (χ1) is 7.94. The van der Waals surface area contributed by atoms with Crippen LogP contribution in [0.4, 0.5) is 0 Å². The normalized spacial score (nSPS) is 25.0. The molecule has 0 aromatic carbocycles. The molecule has 0 radical (unpaired) electrons. The van der Waals surface area contributed by atoms with E-state index in [2.05, 4.69) is 31.1 Å². The summed E-state index contributed by atoms with van der Waals surface area (Å²) in [5, 5.41) is 6.26. The van der Waals surface area contributed by atoms with Gasteiger partial charge in [0.15, 0.2) is 0 Å². The fourth-order valence-electron chi connectivity index (χ4n) is 2.60. The van der Waals surface area contributed by atoms with E-state index in [1.807, 2.05) is 6.92 Å². The smallest absolute Gasteiger partial charge is 0.237 e.